The van der Waals surface area contributed by atoms with Gasteiger partial charge in [-0.15, -0.1) is 0 Å². The number of H-pyrrole nitrogens is 1. The molecule has 0 saturated heterocycles. The Hall–Kier alpha value is -5.06. The number of benzene rings is 2. The molecule has 1 aliphatic rings. The van der Waals surface area contributed by atoms with Crippen LogP contribution in [0.1, 0.15) is 67.9 Å². The molecule has 234 valence electrons. The second-order valence-electron chi connectivity index (χ2n) is 12.0. The molecule has 5 aromatic rings. The van der Waals surface area contributed by atoms with E-state index < -0.39 is 29.5 Å². The van der Waals surface area contributed by atoms with Crippen LogP contribution >= 0.6 is 0 Å². The van der Waals surface area contributed by atoms with Gasteiger partial charge in [0.2, 0.25) is 0 Å². The summed E-state index contributed by atoms with van der Waals surface area (Å²) in [4.78, 5) is 46.1. The molecule has 2 aromatic carbocycles. The molecule has 6 rings (SSSR count). The van der Waals surface area contributed by atoms with Crippen LogP contribution in [0.2, 0.25) is 0 Å². The van der Waals surface area contributed by atoms with Crippen LogP contribution in [0.25, 0.3) is 33.3 Å². The average Bonchev–Trinajstić information content (AvgIpc) is 3.79. The van der Waals surface area contributed by atoms with Gasteiger partial charge in [0.1, 0.15) is 23.9 Å². The Morgan fingerprint density at radius 1 is 1.13 bits per heavy atom. The molecule has 0 spiro atoms. The highest BCUT2D eigenvalue weighted by molar-refractivity contribution is 6.00. The number of aromatic nitrogens is 3. The number of rotatable bonds is 10. The second-order valence-corrected chi connectivity index (χ2v) is 12.0. The van der Waals surface area contributed by atoms with Crippen molar-refractivity contribution in [1.29, 1.82) is 0 Å². The molecule has 11 heteroatoms. The lowest BCUT2D eigenvalue weighted by atomic mass is 9.95. The number of nitrogens with one attached hydrogen (secondary N) is 2. The second kappa shape index (κ2) is 12.1. The van der Waals surface area contributed by atoms with E-state index in [0.29, 0.717) is 22.9 Å². The molecule has 1 fully saturated rings. The van der Waals surface area contributed by atoms with Gasteiger partial charge in [0.15, 0.2) is 5.60 Å². The van der Waals surface area contributed by atoms with Crippen molar-refractivity contribution in [1.82, 2.24) is 19.9 Å². The smallest absolute Gasteiger partial charge is 0.347 e. The van der Waals surface area contributed by atoms with E-state index in [1.54, 1.807) is 49.1 Å². The Morgan fingerprint density at radius 2 is 1.93 bits per heavy atom. The van der Waals surface area contributed by atoms with Gasteiger partial charge in [-0.05, 0) is 74.7 Å². The van der Waals surface area contributed by atoms with Gasteiger partial charge >= 0.3 is 11.9 Å². The van der Waals surface area contributed by atoms with E-state index in [1.165, 1.54) is 27.4 Å². The molecule has 0 bridgehead atoms. The number of carbonyl (C=O) groups excluding carboxylic acids is 2. The summed E-state index contributed by atoms with van der Waals surface area (Å²) >= 11 is 0. The molecule has 0 radical (unpaired) electrons. The van der Waals surface area contributed by atoms with Crippen LogP contribution in [0, 0.1) is 0 Å². The van der Waals surface area contributed by atoms with Crippen molar-refractivity contribution < 1.29 is 33.4 Å². The number of fused-ring (bicyclic) bond motifs is 2. The van der Waals surface area contributed by atoms with Crippen LogP contribution in [0.4, 0.5) is 0 Å². The highest BCUT2D eigenvalue weighted by atomic mass is 16.5. The first-order chi connectivity index (χ1) is 21.6. The summed E-state index contributed by atoms with van der Waals surface area (Å²) in [5.74, 6) is -0.948. The molecule has 1 amide bonds. The number of hydrogen-bond donors (Lipinski definition) is 3. The number of imidazole rings is 1. The largest absolute Gasteiger partial charge is 0.478 e. The maximum atomic E-state index is 13.6. The Bertz CT molecular complexity index is 1860. The zero-order valence-electron chi connectivity index (χ0n) is 25.5. The fourth-order valence-electron chi connectivity index (χ4n) is 6.07. The number of carboxylic acid groups (broad SMARTS) is 1. The summed E-state index contributed by atoms with van der Waals surface area (Å²) in [6.45, 7) is 2.94. The van der Waals surface area contributed by atoms with Gasteiger partial charge < -0.3 is 33.9 Å². The van der Waals surface area contributed by atoms with Crippen molar-refractivity contribution >= 4 is 39.8 Å². The van der Waals surface area contributed by atoms with Gasteiger partial charge in [0.25, 0.3) is 5.91 Å². The Kier molecular flexibility index (Phi) is 8.09. The molecular formula is C34H36N4O7. The zero-order chi connectivity index (χ0) is 31.7. The summed E-state index contributed by atoms with van der Waals surface area (Å²) in [6.07, 6.45) is 10.9. The van der Waals surface area contributed by atoms with E-state index in [1.807, 2.05) is 12.1 Å². The van der Waals surface area contributed by atoms with Crippen molar-refractivity contribution in [3.8, 4) is 17.1 Å². The van der Waals surface area contributed by atoms with Gasteiger partial charge in [-0.3, -0.25) is 4.79 Å². The summed E-state index contributed by atoms with van der Waals surface area (Å²) in [5.41, 5.74) is 2.95. The van der Waals surface area contributed by atoms with Crippen LogP contribution in [-0.2, 0) is 20.7 Å². The van der Waals surface area contributed by atoms with Gasteiger partial charge in [-0.2, -0.15) is 0 Å². The highest BCUT2D eigenvalue weighted by Crippen LogP contribution is 2.36. The molecule has 1 atom stereocenters. The fourth-order valence-corrected chi connectivity index (χ4v) is 6.07. The third kappa shape index (κ3) is 6.02. The minimum Gasteiger partial charge on any atom is -0.478 e. The highest BCUT2D eigenvalue weighted by Gasteiger charge is 2.30. The summed E-state index contributed by atoms with van der Waals surface area (Å²) < 4.78 is 18.4. The number of ether oxygens (including phenoxy) is 2. The van der Waals surface area contributed by atoms with Crippen LogP contribution < -0.4 is 10.1 Å². The number of carboxylic acids is 1. The predicted molar refractivity (Wildman–Crippen MR) is 167 cm³/mol. The van der Waals surface area contributed by atoms with Crippen LogP contribution in [-0.4, -0.2) is 56.2 Å². The van der Waals surface area contributed by atoms with E-state index in [9.17, 15) is 19.5 Å². The molecule has 0 unspecified atom stereocenters. The Labute approximate surface area is 259 Å². The molecule has 3 heterocycles. The summed E-state index contributed by atoms with van der Waals surface area (Å²) in [6, 6.07) is 11.8. The lowest BCUT2D eigenvalue weighted by molar-refractivity contribution is -0.152. The first-order valence-electron chi connectivity index (χ1n) is 15.1. The SMILES string of the molecule is COC(=O)[C@H](Cc1c[nH]c2ccc(OC(C)(C)C(=O)O)cc12)NC(=O)c1ccc2c(c1)nc(-c1ccoc1)n2C1CCCCC1. The molecule has 11 nitrogen and oxygen atoms in total. The number of hydrogen-bond acceptors (Lipinski definition) is 7. The zero-order valence-corrected chi connectivity index (χ0v) is 25.5. The van der Waals surface area contributed by atoms with Crippen LogP contribution in [0.15, 0.2) is 65.6 Å². The van der Waals surface area contributed by atoms with E-state index in [4.69, 9.17) is 18.9 Å². The van der Waals surface area contributed by atoms with E-state index >= 15 is 0 Å². The van der Waals surface area contributed by atoms with Crippen molar-refractivity contribution in [3.63, 3.8) is 0 Å². The van der Waals surface area contributed by atoms with Gasteiger partial charge in [0.05, 0.1) is 30.0 Å². The molecule has 1 saturated carbocycles. The normalized spacial score (nSPS) is 14.8. The van der Waals surface area contributed by atoms with Gasteiger partial charge in [-0.25, -0.2) is 14.6 Å². The number of aromatic amines is 1. The van der Waals surface area contributed by atoms with Gasteiger partial charge in [0, 0.05) is 35.1 Å². The van der Waals surface area contributed by atoms with Crippen molar-refractivity contribution in [2.24, 2.45) is 0 Å². The Balaban J connectivity index is 1.27. The lowest BCUT2D eigenvalue weighted by Crippen LogP contribution is -2.43. The third-order valence-corrected chi connectivity index (χ3v) is 8.51. The number of methoxy groups -OCH3 is 1. The first-order valence-corrected chi connectivity index (χ1v) is 15.1. The van der Waals surface area contributed by atoms with E-state index in [-0.39, 0.29) is 6.42 Å². The molecule has 3 aromatic heterocycles. The van der Waals surface area contributed by atoms with E-state index in [2.05, 4.69) is 14.9 Å². The number of carbonyl (C=O) groups is 3. The number of nitrogens with zero attached hydrogens (tertiary/aromatic N) is 2. The quantitative estimate of drug-likeness (QED) is 0.162. The van der Waals surface area contributed by atoms with Crippen molar-refractivity contribution in [3.05, 3.63) is 72.3 Å². The van der Waals surface area contributed by atoms with Gasteiger partial charge in [-0.1, -0.05) is 19.3 Å². The Morgan fingerprint density at radius 3 is 2.64 bits per heavy atom. The van der Waals surface area contributed by atoms with Crippen molar-refractivity contribution in [2.45, 2.75) is 70.1 Å². The first kappa shape index (κ1) is 30.0. The monoisotopic (exact) mass is 612 g/mol. The number of amides is 1. The minimum atomic E-state index is -1.43. The number of furan rings is 1. The fraction of sp³-hybridized carbons (Fsp3) is 0.353. The predicted octanol–water partition coefficient (Wildman–Crippen LogP) is 6.04. The standard InChI is InChI=1S/C34H36N4O7/c1-34(2,33(41)42)45-24-10-11-26-25(17-24)22(18-35-26)16-28(32(40)43-3)37-31(39)20-9-12-29-27(15-20)36-30(21-13-14-44-19-21)38(29)23-7-5-4-6-8-23/h9-15,17-19,23,28,35H,4-8,16H2,1-3H3,(H,37,39)(H,41,42)/t28-/m0/s1. The van der Waals surface area contributed by atoms with Crippen LogP contribution in [0.3, 0.4) is 0 Å². The topological polar surface area (TPSA) is 149 Å². The summed E-state index contributed by atoms with van der Waals surface area (Å²) in [7, 11) is 1.28. The number of aliphatic carboxylic acids is 1. The molecule has 0 aliphatic heterocycles. The van der Waals surface area contributed by atoms with Crippen molar-refractivity contribution in [2.75, 3.05) is 7.11 Å². The summed E-state index contributed by atoms with van der Waals surface area (Å²) in [5, 5.41) is 13.0. The van der Waals surface area contributed by atoms with Crippen LogP contribution in [0.5, 0.6) is 5.75 Å². The third-order valence-electron chi connectivity index (χ3n) is 8.51. The minimum absolute atomic E-state index is 0.132. The molecule has 45 heavy (non-hydrogen) atoms. The lowest BCUT2D eigenvalue weighted by Gasteiger charge is -2.25. The number of esters is 1. The maximum absolute atomic E-state index is 13.6. The molecule has 1 aliphatic carbocycles. The average molecular weight is 613 g/mol. The molecular weight excluding hydrogens is 576 g/mol. The molecule has 3 N–H and O–H groups in total. The van der Waals surface area contributed by atoms with E-state index in [0.717, 1.165) is 59.1 Å². The maximum Gasteiger partial charge on any atom is 0.347 e.